The minimum atomic E-state index is -4.34. The van der Waals surface area contributed by atoms with Crippen LogP contribution in [-0.2, 0) is 17.5 Å². The number of benzene rings is 1. The van der Waals surface area contributed by atoms with E-state index in [4.69, 9.17) is 5.73 Å². The summed E-state index contributed by atoms with van der Waals surface area (Å²) in [4.78, 5) is 11.6. The molecule has 1 amide bonds. The molecule has 19 heavy (non-hydrogen) atoms. The first-order valence-electron chi connectivity index (χ1n) is 6.02. The van der Waals surface area contributed by atoms with E-state index in [1.54, 1.807) is 0 Å². The van der Waals surface area contributed by atoms with Crippen molar-refractivity contribution in [2.24, 2.45) is 11.7 Å². The number of halogens is 3. The van der Waals surface area contributed by atoms with Crippen LogP contribution in [0.1, 0.15) is 24.5 Å². The van der Waals surface area contributed by atoms with Gasteiger partial charge >= 0.3 is 6.18 Å². The van der Waals surface area contributed by atoms with Gasteiger partial charge in [0, 0.05) is 19.0 Å². The Hall–Kier alpha value is -1.56. The summed E-state index contributed by atoms with van der Waals surface area (Å²) < 4.78 is 37.0. The summed E-state index contributed by atoms with van der Waals surface area (Å²) in [6, 6.07) is 4.71. The van der Waals surface area contributed by atoms with Crippen molar-refractivity contribution in [2.45, 2.75) is 26.1 Å². The molecule has 0 bridgehead atoms. The predicted octanol–water partition coefficient (Wildman–Crippen LogP) is 2.31. The molecule has 3 nitrogen and oxygen atoms in total. The van der Waals surface area contributed by atoms with E-state index in [2.05, 4.69) is 5.32 Å². The molecule has 6 heteroatoms. The number of hydrogen-bond donors (Lipinski definition) is 2. The highest BCUT2D eigenvalue weighted by Crippen LogP contribution is 2.29. The third-order valence-corrected chi connectivity index (χ3v) is 2.90. The van der Waals surface area contributed by atoms with Crippen LogP contribution in [0.4, 0.5) is 13.2 Å². The van der Waals surface area contributed by atoms with Gasteiger partial charge in [-0.1, -0.05) is 19.1 Å². The van der Waals surface area contributed by atoms with Crippen molar-refractivity contribution in [1.82, 2.24) is 5.32 Å². The SMILES string of the molecule is CCC(CN)C(=O)NCc1ccc(C(F)(F)F)cc1. The molecule has 3 N–H and O–H groups in total. The first-order chi connectivity index (χ1) is 8.88. The Balaban J connectivity index is 2.57. The van der Waals surface area contributed by atoms with Gasteiger partial charge in [0.1, 0.15) is 0 Å². The zero-order chi connectivity index (χ0) is 14.5. The second-order valence-corrected chi connectivity index (χ2v) is 4.25. The van der Waals surface area contributed by atoms with Crippen LogP contribution in [0, 0.1) is 5.92 Å². The van der Waals surface area contributed by atoms with E-state index in [-0.39, 0.29) is 24.9 Å². The summed E-state index contributed by atoms with van der Waals surface area (Å²) in [6.45, 7) is 2.32. The second kappa shape index (κ2) is 6.56. The van der Waals surface area contributed by atoms with Crippen molar-refractivity contribution in [1.29, 1.82) is 0 Å². The van der Waals surface area contributed by atoms with Crippen LogP contribution in [0.5, 0.6) is 0 Å². The van der Waals surface area contributed by atoms with Crippen molar-refractivity contribution in [3.05, 3.63) is 35.4 Å². The van der Waals surface area contributed by atoms with Crippen molar-refractivity contribution in [3.8, 4) is 0 Å². The Labute approximate surface area is 110 Å². The highest BCUT2D eigenvalue weighted by atomic mass is 19.4. The van der Waals surface area contributed by atoms with E-state index in [1.165, 1.54) is 12.1 Å². The first-order valence-corrected chi connectivity index (χ1v) is 6.02. The lowest BCUT2D eigenvalue weighted by Crippen LogP contribution is -2.34. The van der Waals surface area contributed by atoms with E-state index in [9.17, 15) is 18.0 Å². The fraction of sp³-hybridized carbons (Fsp3) is 0.462. The zero-order valence-corrected chi connectivity index (χ0v) is 10.6. The summed E-state index contributed by atoms with van der Waals surface area (Å²) in [6.07, 6.45) is -3.70. The standard InChI is InChI=1S/C13H17F3N2O/c1-2-10(7-17)12(19)18-8-9-3-5-11(6-4-9)13(14,15)16/h3-6,10H,2,7-8,17H2,1H3,(H,18,19). The molecule has 0 aromatic heterocycles. The van der Waals surface area contributed by atoms with Gasteiger partial charge in [-0.15, -0.1) is 0 Å². The maximum atomic E-state index is 12.3. The highest BCUT2D eigenvalue weighted by Gasteiger charge is 2.29. The van der Waals surface area contributed by atoms with Crippen molar-refractivity contribution in [3.63, 3.8) is 0 Å². The Morgan fingerprint density at radius 1 is 1.32 bits per heavy atom. The third kappa shape index (κ3) is 4.55. The number of nitrogens with one attached hydrogen (secondary N) is 1. The van der Waals surface area contributed by atoms with Gasteiger partial charge in [0.15, 0.2) is 0 Å². The Morgan fingerprint density at radius 3 is 2.32 bits per heavy atom. The van der Waals surface area contributed by atoms with Gasteiger partial charge in [-0.05, 0) is 24.1 Å². The number of amides is 1. The summed E-state index contributed by atoms with van der Waals surface area (Å²) in [7, 11) is 0. The molecule has 0 aliphatic rings. The van der Waals surface area contributed by atoms with Gasteiger partial charge in [0.25, 0.3) is 0 Å². The number of carbonyl (C=O) groups is 1. The number of alkyl halides is 3. The molecule has 1 aromatic carbocycles. The predicted molar refractivity (Wildman–Crippen MR) is 66.1 cm³/mol. The first kappa shape index (κ1) is 15.5. The Morgan fingerprint density at radius 2 is 1.89 bits per heavy atom. The molecular weight excluding hydrogens is 257 g/mol. The quantitative estimate of drug-likeness (QED) is 0.865. The normalized spacial score (nSPS) is 13.1. The molecule has 1 unspecified atom stereocenters. The minimum Gasteiger partial charge on any atom is -0.352 e. The molecule has 1 atom stereocenters. The number of carbonyl (C=O) groups excluding carboxylic acids is 1. The van der Waals surface area contributed by atoms with E-state index in [1.807, 2.05) is 6.92 Å². The Kier molecular flexibility index (Phi) is 5.35. The van der Waals surface area contributed by atoms with Crippen molar-refractivity contribution < 1.29 is 18.0 Å². The fourth-order valence-electron chi connectivity index (χ4n) is 1.60. The van der Waals surface area contributed by atoms with Crippen molar-refractivity contribution in [2.75, 3.05) is 6.54 Å². The van der Waals surface area contributed by atoms with Gasteiger partial charge in [0.2, 0.25) is 5.91 Å². The molecule has 0 aliphatic carbocycles. The molecule has 0 saturated heterocycles. The third-order valence-electron chi connectivity index (χ3n) is 2.90. The summed E-state index contributed by atoms with van der Waals surface area (Å²) in [5, 5.41) is 2.66. The lowest BCUT2D eigenvalue weighted by Gasteiger charge is -2.13. The topological polar surface area (TPSA) is 55.1 Å². The van der Waals surface area contributed by atoms with Gasteiger partial charge in [0.05, 0.1) is 5.56 Å². The van der Waals surface area contributed by atoms with E-state index in [0.717, 1.165) is 12.1 Å². The molecule has 0 spiro atoms. The lowest BCUT2D eigenvalue weighted by atomic mass is 10.1. The second-order valence-electron chi connectivity index (χ2n) is 4.25. The zero-order valence-electron chi connectivity index (χ0n) is 10.6. The molecule has 106 valence electrons. The molecular formula is C13H17F3N2O. The molecule has 0 heterocycles. The van der Waals surface area contributed by atoms with Crippen LogP contribution in [0.25, 0.3) is 0 Å². The van der Waals surface area contributed by atoms with E-state index >= 15 is 0 Å². The molecule has 1 aromatic rings. The largest absolute Gasteiger partial charge is 0.416 e. The monoisotopic (exact) mass is 274 g/mol. The van der Waals surface area contributed by atoms with E-state index in [0.29, 0.717) is 12.0 Å². The molecule has 0 radical (unpaired) electrons. The lowest BCUT2D eigenvalue weighted by molar-refractivity contribution is -0.137. The number of nitrogens with two attached hydrogens (primary N) is 1. The van der Waals surface area contributed by atoms with Crippen molar-refractivity contribution >= 4 is 5.91 Å². The van der Waals surface area contributed by atoms with Crippen LogP contribution in [0.3, 0.4) is 0 Å². The van der Waals surface area contributed by atoms with Crippen LogP contribution in [-0.4, -0.2) is 12.5 Å². The van der Waals surface area contributed by atoms with Crippen LogP contribution in [0.15, 0.2) is 24.3 Å². The van der Waals surface area contributed by atoms with E-state index < -0.39 is 11.7 Å². The molecule has 0 fully saturated rings. The highest BCUT2D eigenvalue weighted by molar-refractivity contribution is 5.78. The average Bonchev–Trinajstić information content (AvgIpc) is 2.37. The van der Waals surface area contributed by atoms with Gasteiger partial charge in [-0.3, -0.25) is 4.79 Å². The van der Waals surface area contributed by atoms with Gasteiger partial charge < -0.3 is 11.1 Å². The smallest absolute Gasteiger partial charge is 0.352 e. The summed E-state index contributed by atoms with van der Waals surface area (Å²) in [5.74, 6) is -0.431. The maximum Gasteiger partial charge on any atom is 0.416 e. The fourth-order valence-corrected chi connectivity index (χ4v) is 1.60. The maximum absolute atomic E-state index is 12.3. The molecule has 0 aliphatic heterocycles. The molecule has 1 rings (SSSR count). The number of rotatable bonds is 5. The summed E-state index contributed by atoms with van der Waals surface area (Å²) >= 11 is 0. The van der Waals surface area contributed by atoms with Gasteiger partial charge in [-0.2, -0.15) is 13.2 Å². The van der Waals surface area contributed by atoms with Gasteiger partial charge in [-0.25, -0.2) is 0 Å². The summed E-state index contributed by atoms with van der Waals surface area (Å²) in [5.41, 5.74) is 5.36. The van der Waals surface area contributed by atoms with Crippen LogP contribution >= 0.6 is 0 Å². The molecule has 0 saturated carbocycles. The number of hydrogen-bond acceptors (Lipinski definition) is 2. The minimum absolute atomic E-state index is 0.176. The Bertz CT molecular complexity index is 411. The van der Waals surface area contributed by atoms with Crippen LogP contribution < -0.4 is 11.1 Å². The van der Waals surface area contributed by atoms with Crippen LogP contribution in [0.2, 0.25) is 0 Å². The average molecular weight is 274 g/mol.